The molecule has 1 amide bonds. The number of carbonyl (C=O) groups excluding carboxylic acids is 1. The van der Waals surface area contributed by atoms with Gasteiger partial charge in [0.05, 0.1) is 5.60 Å². The molecule has 4 heteroatoms. The fourth-order valence-corrected chi connectivity index (χ4v) is 1.31. The molecule has 0 aliphatic heterocycles. The van der Waals surface area contributed by atoms with Crippen LogP contribution in [0.1, 0.15) is 27.7 Å². The number of hydrogen-bond donors (Lipinski definition) is 2. The quantitative estimate of drug-likeness (QED) is 0.678. The second-order valence-corrected chi connectivity index (χ2v) is 5.00. The topological polar surface area (TPSA) is 52.6 Å². The van der Waals surface area contributed by atoms with Crippen molar-refractivity contribution >= 4 is 5.91 Å². The molecule has 2 N–H and O–H groups in total. The molecule has 0 aromatic rings. The molecule has 0 bridgehead atoms. The minimum absolute atomic E-state index is 0.0320. The Labute approximate surface area is 92.7 Å². The number of amides is 1. The van der Waals surface area contributed by atoms with Crippen molar-refractivity contribution in [1.82, 2.24) is 10.2 Å². The summed E-state index contributed by atoms with van der Waals surface area (Å²) >= 11 is 0. The van der Waals surface area contributed by atoms with Gasteiger partial charge in [0.25, 0.3) is 0 Å². The maximum Gasteiger partial charge on any atom is 0.222 e. The number of aliphatic hydroxyl groups is 1. The molecule has 4 nitrogen and oxygen atoms in total. The van der Waals surface area contributed by atoms with Crippen LogP contribution in [0.5, 0.6) is 0 Å². The normalized spacial score (nSPS) is 12.3. The van der Waals surface area contributed by atoms with E-state index in [9.17, 15) is 9.90 Å². The van der Waals surface area contributed by atoms with E-state index in [4.69, 9.17) is 0 Å². The molecule has 0 rings (SSSR count). The molecule has 0 aromatic heterocycles. The molecule has 0 heterocycles. The first-order valence-electron chi connectivity index (χ1n) is 5.41. The Kier molecular flexibility index (Phi) is 5.83. The predicted octanol–water partition coefficient (Wildman–Crippen LogP) is 0.461. The van der Waals surface area contributed by atoms with Gasteiger partial charge in [-0.2, -0.15) is 0 Å². The molecule has 0 aliphatic carbocycles. The molecular weight excluding hydrogens is 192 g/mol. The van der Waals surface area contributed by atoms with Crippen molar-refractivity contribution in [1.29, 1.82) is 0 Å². The maximum atomic E-state index is 11.2. The third-order valence-corrected chi connectivity index (χ3v) is 1.97. The summed E-state index contributed by atoms with van der Waals surface area (Å²) < 4.78 is 0. The van der Waals surface area contributed by atoms with E-state index in [2.05, 4.69) is 5.32 Å². The van der Waals surface area contributed by atoms with Gasteiger partial charge in [-0.1, -0.05) is 13.8 Å². The number of nitrogens with zero attached hydrogens (tertiary/aromatic N) is 1. The summed E-state index contributed by atoms with van der Waals surface area (Å²) in [6, 6.07) is 0. The highest BCUT2D eigenvalue weighted by atomic mass is 16.3. The van der Waals surface area contributed by atoms with E-state index in [1.54, 1.807) is 13.8 Å². The molecule has 0 saturated heterocycles. The summed E-state index contributed by atoms with van der Waals surface area (Å²) in [6.07, 6.45) is 0. The molecular formula is C11H24N2O2. The summed E-state index contributed by atoms with van der Waals surface area (Å²) in [6.45, 7) is 9.27. The molecule has 0 aromatic carbocycles. The van der Waals surface area contributed by atoms with E-state index < -0.39 is 5.60 Å². The average molecular weight is 216 g/mol. The van der Waals surface area contributed by atoms with Gasteiger partial charge in [-0.25, -0.2) is 0 Å². The molecule has 0 radical (unpaired) electrons. The first-order chi connectivity index (χ1) is 6.72. The van der Waals surface area contributed by atoms with E-state index in [1.807, 2.05) is 25.8 Å². The van der Waals surface area contributed by atoms with Gasteiger partial charge in [-0.15, -0.1) is 0 Å². The van der Waals surface area contributed by atoms with Crippen molar-refractivity contribution < 1.29 is 9.90 Å². The number of likely N-dealkylation sites (N-methyl/N-ethyl adjacent to an activating group) is 1. The Morgan fingerprint density at radius 2 is 2.00 bits per heavy atom. The fourth-order valence-electron chi connectivity index (χ4n) is 1.31. The minimum atomic E-state index is -0.684. The van der Waals surface area contributed by atoms with Gasteiger partial charge in [-0.05, 0) is 20.9 Å². The Morgan fingerprint density at radius 1 is 1.47 bits per heavy atom. The Balaban J connectivity index is 3.64. The van der Waals surface area contributed by atoms with E-state index >= 15 is 0 Å². The van der Waals surface area contributed by atoms with Gasteiger partial charge < -0.3 is 15.3 Å². The van der Waals surface area contributed by atoms with Crippen LogP contribution in [0.25, 0.3) is 0 Å². The SMILES string of the molecule is CC(C)C(=O)NCCN(C)CC(C)(C)O. The first kappa shape index (κ1) is 14.4. The first-order valence-corrected chi connectivity index (χ1v) is 5.41. The van der Waals surface area contributed by atoms with Crippen molar-refractivity contribution in [2.75, 3.05) is 26.7 Å². The minimum Gasteiger partial charge on any atom is -0.389 e. The number of nitrogens with one attached hydrogen (secondary N) is 1. The smallest absolute Gasteiger partial charge is 0.222 e. The monoisotopic (exact) mass is 216 g/mol. The second kappa shape index (κ2) is 6.08. The Hall–Kier alpha value is -0.610. The summed E-state index contributed by atoms with van der Waals surface area (Å²) in [4.78, 5) is 13.2. The van der Waals surface area contributed by atoms with Gasteiger partial charge in [0.15, 0.2) is 0 Å². The van der Waals surface area contributed by atoms with Crippen LogP contribution in [0.15, 0.2) is 0 Å². The number of rotatable bonds is 6. The van der Waals surface area contributed by atoms with E-state index in [0.717, 1.165) is 6.54 Å². The summed E-state index contributed by atoms with van der Waals surface area (Å²) in [5.74, 6) is 0.108. The standard InChI is InChI=1S/C11H24N2O2/c1-9(2)10(14)12-6-7-13(5)8-11(3,4)15/h9,15H,6-8H2,1-5H3,(H,12,14). The van der Waals surface area contributed by atoms with Crippen molar-refractivity contribution in [2.24, 2.45) is 5.92 Å². The zero-order chi connectivity index (χ0) is 12.1. The zero-order valence-electron chi connectivity index (χ0n) is 10.5. The van der Waals surface area contributed by atoms with Gasteiger partial charge in [0.1, 0.15) is 0 Å². The van der Waals surface area contributed by atoms with Crippen LogP contribution in [0, 0.1) is 5.92 Å². The Bertz CT molecular complexity index is 197. The van der Waals surface area contributed by atoms with E-state index in [0.29, 0.717) is 13.1 Å². The summed E-state index contributed by atoms with van der Waals surface area (Å²) in [5.41, 5.74) is -0.684. The van der Waals surface area contributed by atoms with Crippen molar-refractivity contribution in [3.8, 4) is 0 Å². The van der Waals surface area contributed by atoms with Crippen molar-refractivity contribution in [2.45, 2.75) is 33.3 Å². The highest BCUT2D eigenvalue weighted by Crippen LogP contribution is 2.02. The lowest BCUT2D eigenvalue weighted by atomic mass is 10.1. The number of hydrogen-bond acceptors (Lipinski definition) is 3. The van der Waals surface area contributed by atoms with Crippen molar-refractivity contribution in [3.63, 3.8) is 0 Å². The molecule has 90 valence electrons. The second-order valence-electron chi connectivity index (χ2n) is 5.00. The van der Waals surface area contributed by atoms with Crippen LogP contribution in [0.4, 0.5) is 0 Å². The van der Waals surface area contributed by atoms with Gasteiger partial charge in [0, 0.05) is 25.6 Å². The predicted molar refractivity (Wildman–Crippen MR) is 61.6 cm³/mol. The van der Waals surface area contributed by atoms with Crippen LogP contribution in [0.2, 0.25) is 0 Å². The fraction of sp³-hybridized carbons (Fsp3) is 0.909. The van der Waals surface area contributed by atoms with Gasteiger partial charge in [-0.3, -0.25) is 4.79 Å². The third-order valence-electron chi connectivity index (χ3n) is 1.97. The summed E-state index contributed by atoms with van der Waals surface area (Å²) in [7, 11) is 1.93. The van der Waals surface area contributed by atoms with Crippen LogP contribution in [-0.2, 0) is 4.79 Å². The molecule has 15 heavy (non-hydrogen) atoms. The molecule has 0 unspecified atom stereocenters. The molecule has 0 atom stereocenters. The average Bonchev–Trinajstić information content (AvgIpc) is 2.00. The molecule has 0 spiro atoms. The molecule has 0 saturated carbocycles. The summed E-state index contributed by atoms with van der Waals surface area (Å²) in [5, 5.41) is 12.4. The number of carbonyl (C=O) groups is 1. The highest BCUT2D eigenvalue weighted by Gasteiger charge is 2.15. The van der Waals surface area contributed by atoms with Crippen LogP contribution >= 0.6 is 0 Å². The van der Waals surface area contributed by atoms with E-state index in [1.165, 1.54) is 0 Å². The molecule has 0 fully saturated rings. The maximum absolute atomic E-state index is 11.2. The van der Waals surface area contributed by atoms with E-state index in [-0.39, 0.29) is 11.8 Å². The third kappa shape index (κ3) is 8.39. The van der Waals surface area contributed by atoms with Gasteiger partial charge >= 0.3 is 0 Å². The van der Waals surface area contributed by atoms with Crippen LogP contribution < -0.4 is 5.32 Å². The van der Waals surface area contributed by atoms with Crippen LogP contribution in [-0.4, -0.2) is 48.2 Å². The van der Waals surface area contributed by atoms with Crippen LogP contribution in [0.3, 0.4) is 0 Å². The molecule has 0 aliphatic rings. The van der Waals surface area contributed by atoms with Gasteiger partial charge in [0.2, 0.25) is 5.91 Å². The Morgan fingerprint density at radius 3 is 2.40 bits per heavy atom. The lowest BCUT2D eigenvalue weighted by molar-refractivity contribution is -0.124. The lowest BCUT2D eigenvalue weighted by Gasteiger charge is -2.25. The lowest BCUT2D eigenvalue weighted by Crippen LogP contribution is -2.41. The van der Waals surface area contributed by atoms with Crippen molar-refractivity contribution in [3.05, 3.63) is 0 Å². The highest BCUT2D eigenvalue weighted by molar-refractivity contribution is 5.77. The largest absolute Gasteiger partial charge is 0.389 e. The zero-order valence-corrected chi connectivity index (χ0v) is 10.5.